The van der Waals surface area contributed by atoms with Gasteiger partial charge in [0, 0.05) is 16.3 Å². The summed E-state index contributed by atoms with van der Waals surface area (Å²) >= 11 is 1.77. The molecule has 0 aliphatic heterocycles. The number of aryl methyl sites for hydroxylation is 1. The van der Waals surface area contributed by atoms with Crippen molar-refractivity contribution in [3.63, 3.8) is 0 Å². The first-order valence-corrected chi connectivity index (χ1v) is 6.13. The minimum Gasteiger partial charge on any atom is -0.326 e. The van der Waals surface area contributed by atoms with Crippen molar-refractivity contribution in [3.8, 4) is 0 Å². The van der Waals surface area contributed by atoms with E-state index >= 15 is 0 Å². The van der Waals surface area contributed by atoms with Crippen LogP contribution in [0.3, 0.4) is 0 Å². The zero-order valence-corrected chi connectivity index (χ0v) is 10.1. The minimum absolute atomic E-state index is 0.600. The highest BCUT2D eigenvalue weighted by molar-refractivity contribution is 7.99. The van der Waals surface area contributed by atoms with Crippen molar-refractivity contribution in [2.24, 2.45) is 5.73 Å². The summed E-state index contributed by atoms with van der Waals surface area (Å²) in [6.07, 6.45) is 0. The largest absolute Gasteiger partial charge is 0.326 e. The summed E-state index contributed by atoms with van der Waals surface area (Å²) in [4.78, 5) is 2.51. The summed E-state index contributed by atoms with van der Waals surface area (Å²) in [5.74, 6) is 0. The van der Waals surface area contributed by atoms with Gasteiger partial charge in [-0.05, 0) is 36.8 Å². The van der Waals surface area contributed by atoms with Crippen LogP contribution in [-0.2, 0) is 6.54 Å². The van der Waals surface area contributed by atoms with Gasteiger partial charge in [0.2, 0.25) is 0 Å². The SMILES string of the molecule is Cc1ccc(Sc2cccc(CN)c2)cc1. The number of rotatable bonds is 3. The molecule has 2 heteroatoms. The Bertz CT molecular complexity index is 462. The van der Waals surface area contributed by atoms with Crippen LogP contribution < -0.4 is 5.73 Å². The number of nitrogens with two attached hydrogens (primary N) is 1. The molecule has 0 saturated heterocycles. The van der Waals surface area contributed by atoms with Gasteiger partial charge < -0.3 is 5.73 Å². The highest BCUT2D eigenvalue weighted by atomic mass is 32.2. The maximum Gasteiger partial charge on any atom is 0.0178 e. The van der Waals surface area contributed by atoms with Gasteiger partial charge in [0.1, 0.15) is 0 Å². The molecule has 16 heavy (non-hydrogen) atoms. The van der Waals surface area contributed by atoms with E-state index < -0.39 is 0 Å². The maximum atomic E-state index is 5.62. The molecular weight excluding hydrogens is 214 g/mol. The van der Waals surface area contributed by atoms with E-state index in [0.29, 0.717) is 6.54 Å². The third-order valence-corrected chi connectivity index (χ3v) is 3.39. The lowest BCUT2D eigenvalue weighted by atomic mass is 10.2. The third-order valence-electron chi connectivity index (χ3n) is 2.39. The Labute approximate surface area is 101 Å². The molecule has 0 aliphatic rings. The first-order chi connectivity index (χ1) is 7.78. The number of hydrogen-bond acceptors (Lipinski definition) is 2. The van der Waals surface area contributed by atoms with E-state index in [1.165, 1.54) is 20.9 Å². The van der Waals surface area contributed by atoms with Crippen LogP contribution in [0.5, 0.6) is 0 Å². The van der Waals surface area contributed by atoms with E-state index in [2.05, 4.69) is 55.5 Å². The predicted molar refractivity (Wildman–Crippen MR) is 69.6 cm³/mol. The molecule has 2 rings (SSSR count). The zero-order valence-electron chi connectivity index (χ0n) is 9.31. The van der Waals surface area contributed by atoms with Crippen LogP contribution in [0.25, 0.3) is 0 Å². The molecule has 0 bridgehead atoms. The molecular formula is C14H15NS. The van der Waals surface area contributed by atoms with Gasteiger partial charge in [0.15, 0.2) is 0 Å². The maximum absolute atomic E-state index is 5.62. The average Bonchev–Trinajstić information content (AvgIpc) is 2.32. The molecule has 0 spiro atoms. The van der Waals surface area contributed by atoms with E-state index in [4.69, 9.17) is 5.73 Å². The van der Waals surface area contributed by atoms with Crippen molar-refractivity contribution in [2.45, 2.75) is 23.3 Å². The standard InChI is InChI=1S/C14H15NS/c1-11-5-7-13(8-6-11)16-14-4-2-3-12(9-14)10-15/h2-9H,10,15H2,1H3. The van der Waals surface area contributed by atoms with Gasteiger partial charge in [-0.25, -0.2) is 0 Å². The lowest BCUT2D eigenvalue weighted by molar-refractivity contribution is 1.06. The topological polar surface area (TPSA) is 26.0 Å². The number of benzene rings is 2. The van der Waals surface area contributed by atoms with Gasteiger partial charge in [0.05, 0.1) is 0 Å². The second-order valence-electron chi connectivity index (χ2n) is 3.77. The lowest BCUT2D eigenvalue weighted by Gasteiger charge is -2.04. The van der Waals surface area contributed by atoms with Crippen LogP contribution in [0.4, 0.5) is 0 Å². The molecule has 0 saturated carbocycles. The first-order valence-electron chi connectivity index (χ1n) is 5.31. The molecule has 2 aromatic rings. The molecule has 0 aliphatic carbocycles. The summed E-state index contributed by atoms with van der Waals surface area (Å²) in [6, 6.07) is 16.9. The van der Waals surface area contributed by atoms with Gasteiger partial charge in [-0.3, -0.25) is 0 Å². The molecule has 0 aromatic heterocycles. The number of hydrogen-bond donors (Lipinski definition) is 1. The molecule has 2 aromatic carbocycles. The molecule has 0 radical (unpaired) electrons. The monoisotopic (exact) mass is 229 g/mol. The van der Waals surface area contributed by atoms with Crippen LogP contribution in [0, 0.1) is 6.92 Å². The highest BCUT2D eigenvalue weighted by Gasteiger charge is 1.98. The van der Waals surface area contributed by atoms with Crippen molar-refractivity contribution in [2.75, 3.05) is 0 Å². The molecule has 2 N–H and O–H groups in total. The van der Waals surface area contributed by atoms with Crippen LogP contribution in [-0.4, -0.2) is 0 Å². The Morgan fingerprint density at radius 2 is 1.75 bits per heavy atom. The van der Waals surface area contributed by atoms with E-state index in [-0.39, 0.29) is 0 Å². The van der Waals surface area contributed by atoms with E-state index in [1.807, 2.05) is 0 Å². The van der Waals surface area contributed by atoms with Crippen molar-refractivity contribution in [1.29, 1.82) is 0 Å². The van der Waals surface area contributed by atoms with Crippen molar-refractivity contribution in [1.82, 2.24) is 0 Å². The fraction of sp³-hybridized carbons (Fsp3) is 0.143. The molecule has 0 atom stereocenters. The average molecular weight is 229 g/mol. The minimum atomic E-state index is 0.600. The molecule has 82 valence electrons. The third kappa shape index (κ3) is 2.87. The van der Waals surface area contributed by atoms with Crippen molar-refractivity contribution >= 4 is 11.8 Å². The van der Waals surface area contributed by atoms with Gasteiger partial charge in [-0.2, -0.15) is 0 Å². The van der Waals surface area contributed by atoms with E-state index in [1.54, 1.807) is 11.8 Å². The summed E-state index contributed by atoms with van der Waals surface area (Å²) in [5.41, 5.74) is 8.09. The molecule has 1 nitrogen and oxygen atoms in total. The second kappa shape index (κ2) is 5.19. The smallest absolute Gasteiger partial charge is 0.0178 e. The first kappa shape index (κ1) is 11.2. The Balaban J connectivity index is 2.16. The van der Waals surface area contributed by atoms with Crippen LogP contribution >= 0.6 is 11.8 Å². The molecule has 0 heterocycles. The summed E-state index contributed by atoms with van der Waals surface area (Å²) in [7, 11) is 0. The van der Waals surface area contributed by atoms with Gasteiger partial charge in [-0.1, -0.05) is 41.6 Å². The highest BCUT2D eigenvalue weighted by Crippen LogP contribution is 2.28. The van der Waals surface area contributed by atoms with Crippen molar-refractivity contribution < 1.29 is 0 Å². The van der Waals surface area contributed by atoms with E-state index in [9.17, 15) is 0 Å². The molecule has 0 amide bonds. The summed E-state index contributed by atoms with van der Waals surface area (Å²) in [5, 5.41) is 0. The van der Waals surface area contributed by atoms with Gasteiger partial charge in [-0.15, -0.1) is 0 Å². The van der Waals surface area contributed by atoms with Crippen LogP contribution in [0.15, 0.2) is 58.3 Å². The van der Waals surface area contributed by atoms with Crippen LogP contribution in [0.1, 0.15) is 11.1 Å². The van der Waals surface area contributed by atoms with Gasteiger partial charge in [0.25, 0.3) is 0 Å². The fourth-order valence-corrected chi connectivity index (χ4v) is 2.38. The van der Waals surface area contributed by atoms with Crippen molar-refractivity contribution in [3.05, 3.63) is 59.7 Å². The lowest BCUT2D eigenvalue weighted by Crippen LogP contribution is -1.95. The Morgan fingerprint density at radius 1 is 1.00 bits per heavy atom. The fourth-order valence-electron chi connectivity index (χ4n) is 1.48. The van der Waals surface area contributed by atoms with Crippen LogP contribution in [0.2, 0.25) is 0 Å². The van der Waals surface area contributed by atoms with Gasteiger partial charge >= 0.3 is 0 Å². The van der Waals surface area contributed by atoms with E-state index in [0.717, 1.165) is 0 Å². The normalized spacial score (nSPS) is 10.4. The second-order valence-corrected chi connectivity index (χ2v) is 4.91. The summed E-state index contributed by atoms with van der Waals surface area (Å²) in [6.45, 7) is 2.70. The molecule has 0 fully saturated rings. The summed E-state index contributed by atoms with van der Waals surface area (Å²) < 4.78 is 0. The predicted octanol–water partition coefficient (Wildman–Crippen LogP) is 3.60. The Morgan fingerprint density at radius 3 is 2.44 bits per heavy atom. The quantitative estimate of drug-likeness (QED) is 0.870. The Kier molecular flexibility index (Phi) is 3.65. The Hall–Kier alpha value is -1.25. The molecule has 0 unspecified atom stereocenters. The zero-order chi connectivity index (χ0) is 11.4.